The topological polar surface area (TPSA) is 30.7 Å². The molecule has 2 aliphatic carbocycles. The maximum absolute atomic E-state index is 6.09. The molecule has 0 amide bonds. The number of hydrogen-bond donors (Lipinski definition) is 0. The third kappa shape index (κ3) is 1.34. The normalized spacial score (nSPS) is 23.2. The van der Waals surface area contributed by atoms with Crippen LogP contribution in [0.1, 0.15) is 56.3 Å². The Kier molecular flexibility index (Phi) is 2.01. The molecule has 0 spiro atoms. The van der Waals surface area contributed by atoms with E-state index in [9.17, 15) is 0 Å². The molecular weight excluding hydrogens is 198 g/mol. The second kappa shape index (κ2) is 3.23. The molecule has 1 aromatic heterocycles. The largest absolute Gasteiger partial charge is 0.298 e. The van der Waals surface area contributed by atoms with Crippen LogP contribution in [0.2, 0.25) is 5.28 Å². The van der Waals surface area contributed by atoms with Crippen LogP contribution in [-0.4, -0.2) is 14.8 Å². The van der Waals surface area contributed by atoms with Gasteiger partial charge >= 0.3 is 0 Å². The SMILES string of the molecule is Clc1nnc(C2CC2)n1C1CCCC1. The summed E-state index contributed by atoms with van der Waals surface area (Å²) in [4.78, 5) is 0. The van der Waals surface area contributed by atoms with Gasteiger partial charge in [-0.25, -0.2) is 0 Å². The quantitative estimate of drug-likeness (QED) is 0.753. The van der Waals surface area contributed by atoms with Gasteiger partial charge in [0, 0.05) is 12.0 Å². The van der Waals surface area contributed by atoms with Crippen molar-refractivity contribution in [1.29, 1.82) is 0 Å². The van der Waals surface area contributed by atoms with Crippen LogP contribution in [0.5, 0.6) is 0 Å². The van der Waals surface area contributed by atoms with Gasteiger partial charge in [0.15, 0.2) is 0 Å². The summed E-state index contributed by atoms with van der Waals surface area (Å²) in [7, 11) is 0. The Balaban J connectivity index is 1.96. The average molecular weight is 212 g/mol. The fourth-order valence-corrected chi connectivity index (χ4v) is 2.67. The maximum Gasteiger partial charge on any atom is 0.225 e. The molecule has 3 rings (SSSR count). The van der Waals surface area contributed by atoms with Crippen LogP contribution < -0.4 is 0 Å². The zero-order valence-electron chi connectivity index (χ0n) is 8.12. The average Bonchev–Trinajstić information content (AvgIpc) is 2.75. The van der Waals surface area contributed by atoms with Gasteiger partial charge in [-0.15, -0.1) is 10.2 Å². The van der Waals surface area contributed by atoms with E-state index < -0.39 is 0 Å². The van der Waals surface area contributed by atoms with Crippen LogP contribution in [0.25, 0.3) is 0 Å². The van der Waals surface area contributed by atoms with E-state index in [1.807, 2.05) is 0 Å². The molecular formula is C10H14ClN3. The third-order valence-electron chi connectivity index (χ3n) is 3.31. The molecule has 0 bridgehead atoms. The van der Waals surface area contributed by atoms with Gasteiger partial charge in [-0.05, 0) is 37.3 Å². The van der Waals surface area contributed by atoms with Gasteiger partial charge in [0.25, 0.3) is 0 Å². The van der Waals surface area contributed by atoms with Crippen molar-refractivity contribution in [3.63, 3.8) is 0 Å². The van der Waals surface area contributed by atoms with Gasteiger partial charge in [0.1, 0.15) is 5.82 Å². The molecule has 0 atom stereocenters. The lowest BCUT2D eigenvalue weighted by Crippen LogP contribution is -2.08. The van der Waals surface area contributed by atoms with E-state index in [-0.39, 0.29) is 0 Å². The summed E-state index contributed by atoms with van der Waals surface area (Å²) in [5.74, 6) is 1.79. The van der Waals surface area contributed by atoms with Crippen LogP contribution in [-0.2, 0) is 0 Å². The summed E-state index contributed by atoms with van der Waals surface area (Å²) in [6, 6.07) is 0.577. The molecule has 0 aromatic carbocycles. The maximum atomic E-state index is 6.09. The highest BCUT2D eigenvalue weighted by atomic mass is 35.5. The summed E-state index contributed by atoms with van der Waals surface area (Å²) < 4.78 is 2.19. The van der Waals surface area contributed by atoms with Gasteiger partial charge in [0.05, 0.1) is 0 Å². The van der Waals surface area contributed by atoms with Crippen LogP contribution in [0, 0.1) is 0 Å². The summed E-state index contributed by atoms with van der Waals surface area (Å²) in [5, 5.41) is 8.80. The highest BCUT2D eigenvalue weighted by Crippen LogP contribution is 2.42. The standard InChI is InChI=1S/C10H14ClN3/c11-10-13-12-9(7-5-6-7)14(10)8-3-1-2-4-8/h7-8H,1-6H2. The minimum Gasteiger partial charge on any atom is -0.298 e. The van der Waals surface area contributed by atoms with Crippen molar-refractivity contribution in [2.45, 2.75) is 50.5 Å². The molecule has 14 heavy (non-hydrogen) atoms. The minimum atomic E-state index is 0.577. The van der Waals surface area contributed by atoms with Gasteiger partial charge in [-0.3, -0.25) is 4.57 Å². The molecule has 2 saturated carbocycles. The van der Waals surface area contributed by atoms with E-state index in [1.54, 1.807) is 0 Å². The second-order valence-corrected chi connectivity index (χ2v) is 4.75. The number of rotatable bonds is 2. The van der Waals surface area contributed by atoms with E-state index in [1.165, 1.54) is 38.5 Å². The molecule has 0 N–H and O–H groups in total. The van der Waals surface area contributed by atoms with E-state index in [4.69, 9.17) is 11.6 Å². The zero-order valence-corrected chi connectivity index (χ0v) is 8.87. The first kappa shape index (κ1) is 8.72. The number of aromatic nitrogens is 3. The van der Waals surface area contributed by atoms with Gasteiger partial charge in [0.2, 0.25) is 5.28 Å². The molecule has 0 saturated heterocycles. The van der Waals surface area contributed by atoms with Crippen LogP contribution in [0.15, 0.2) is 0 Å². The summed E-state index contributed by atoms with van der Waals surface area (Å²) >= 11 is 6.09. The lowest BCUT2D eigenvalue weighted by molar-refractivity contribution is 0.498. The van der Waals surface area contributed by atoms with Gasteiger partial charge in [-0.1, -0.05) is 12.8 Å². The first-order chi connectivity index (χ1) is 6.86. The fraction of sp³-hybridized carbons (Fsp3) is 0.800. The lowest BCUT2D eigenvalue weighted by Gasteiger charge is -2.14. The Morgan fingerprint density at radius 2 is 1.79 bits per heavy atom. The monoisotopic (exact) mass is 211 g/mol. The minimum absolute atomic E-state index is 0.577. The Morgan fingerprint density at radius 1 is 1.07 bits per heavy atom. The highest BCUT2D eigenvalue weighted by molar-refractivity contribution is 6.28. The summed E-state index contributed by atoms with van der Waals surface area (Å²) in [6.07, 6.45) is 7.67. The van der Waals surface area contributed by atoms with Crippen LogP contribution in [0.4, 0.5) is 0 Å². The second-order valence-electron chi connectivity index (χ2n) is 4.41. The van der Waals surface area contributed by atoms with Crippen molar-refractivity contribution in [1.82, 2.24) is 14.8 Å². The number of hydrogen-bond acceptors (Lipinski definition) is 2. The van der Waals surface area contributed by atoms with Gasteiger partial charge in [-0.2, -0.15) is 0 Å². The first-order valence-electron chi connectivity index (χ1n) is 5.46. The Hall–Kier alpha value is -0.570. The molecule has 1 heterocycles. The smallest absolute Gasteiger partial charge is 0.225 e. The molecule has 1 aromatic rings. The molecule has 2 fully saturated rings. The zero-order chi connectivity index (χ0) is 9.54. The molecule has 4 heteroatoms. The third-order valence-corrected chi connectivity index (χ3v) is 3.57. The molecule has 0 unspecified atom stereocenters. The Labute approximate surface area is 88.5 Å². The molecule has 0 aliphatic heterocycles. The predicted octanol–water partition coefficient (Wildman–Crippen LogP) is 2.92. The van der Waals surface area contributed by atoms with Crippen molar-refractivity contribution < 1.29 is 0 Å². The number of nitrogens with zero attached hydrogens (tertiary/aromatic N) is 3. The molecule has 76 valence electrons. The Bertz CT molecular complexity index is 337. The summed E-state index contributed by atoms with van der Waals surface area (Å²) in [6.45, 7) is 0. The first-order valence-corrected chi connectivity index (χ1v) is 5.84. The van der Waals surface area contributed by atoms with Crippen LogP contribution >= 0.6 is 11.6 Å². The molecule has 3 nitrogen and oxygen atoms in total. The van der Waals surface area contributed by atoms with Crippen molar-refractivity contribution in [2.24, 2.45) is 0 Å². The van der Waals surface area contributed by atoms with E-state index in [0.717, 1.165) is 5.82 Å². The van der Waals surface area contributed by atoms with Gasteiger partial charge < -0.3 is 0 Å². The van der Waals surface area contributed by atoms with Crippen molar-refractivity contribution in [3.8, 4) is 0 Å². The Morgan fingerprint density at radius 3 is 2.43 bits per heavy atom. The molecule has 0 radical (unpaired) electrons. The lowest BCUT2D eigenvalue weighted by atomic mass is 10.2. The van der Waals surface area contributed by atoms with Crippen LogP contribution in [0.3, 0.4) is 0 Å². The van der Waals surface area contributed by atoms with Crippen molar-refractivity contribution >= 4 is 11.6 Å². The van der Waals surface area contributed by atoms with E-state index in [0.29, 0.717) is 17.2 Å². The van der Waals surface area contributed by atoms with E-state index in [2.05, 4.69) is 14.8 Å². The number of halogens is 1. The van der Waals surface area contributed by atoms with Crippen molar-refractivity contribution in [3.05, 3.63) is 11.1 Å². The predicted molar refractivity (Wildman–Crippen MR) is 54.5 cm³/mol. The highest BCUT2D eigenvalue weighted by Gasteiger charge is 2.33. The van der Waals surface area contributed by atoms with Crippen molar-refractivity contribution in [2.75, 3.05) is 0 Å². The fourth-order valence-electron chi connectivity index (χ4n) is 2.40. The molecule has 2 aliphatic rings. The summed E-state index contributed by atoms with van der Waals surface area (Å²) in [5.41, 5.74) is 0. The van der Waals surface area contributed by atoms with E-state index >= 15 is 0 Å².